The third-order valence-electron chi connectivity index (χ3n) is 5.63. The molecule has 0 saturated carbocycles. The van der Waals surface area contributed by atoms with Gasteiger partial charge in [0.2, 0.25) is 0 Å². The number of halogens is 1. The number of aliphatic hydroxyl groups is 3. The van der Waals surface area contributed by atoms with Gasteiger partial charge in [0.1, 0.15) is 23.9 Å². The molecule has 28 heavy (non-hydrogen) atoms. The maximum absolute atomic E-state index is 11.0. The van der Waals surface area contributed by atoms with Gasteiger partial charge in [-0.05, 0) is 36.3 Å². The van der Waals surface area contributed by atoms with Gasteiger partial charge in [-0.3, -0.25) is 9.98 Å². The molecule has 0 spiro atoms. The Morgan fingerprint density at radius 3 is 2.86 bits per heavy atom. The molecule has 1 fully saturated rings. The van der Waals surface area contributed by atoms with Crippen LogP contribution in [-0.4, -0.2) is 57.2 Å². The van der Waals surface area contributed by atoms with Gasteiger partial charge in [0.25, 0.3) is 0 Å². The number of allylic oxidation sites excluding steroid dienone is 2. The second kappa shape index (κ2) is 7.09. The number of nitrogens with zero attached hydrogens (tertiary/aromatic N) is 2. The number of hydrogen-bond donors (Lipinski definition) is 4. The quantitative estimate of drug-likeness (QED) is 0.595. The largest absolute Gasteiger partial charge is 0.397 e. The lowest BCUT2D eigenvalue weighted by molar-refractivity contribution is -0.0626. The number of aliphatic imine (C=N–C) groups is 2. The number of fused-ring (bicyclic) bond motifs is 1. The highest BCUT2D eigenvalue weighted by molar-refractivity contribution is 6.30. The molecule has 3 aliphatic rings. The summed E-state index contributed by atoms with van der Waals surface area (Å²) in [5, 5.41) is 32.0. The maximum atomic E-state index is 11.0. The average molecular weight is 404 g/mol. The standard InChI is InChI=1S/C20H22ClN3O4/c1-20(27)15(7-10-2-3-12(21)6-11(10)9-25)28-18(19(20)26)17-16-13(4-5-23-16)14(22)8-24-17/h2-6,8,15,17-19,25-27H,7,9,22H2,1H3/t15-,17?,18-,19-,20-/m1/s1. The van der Waals surface area contributed by atoms with Crippen LogP contribution in [0.15, 0.2) is 51.7 Å². The van der Waals surface area contributed by atoms with E-state index < -0.39 is 30.0 Å². The molecule has 148 valence electrons. The predicted molar refractivity (Wildman–Crippen MR) is 106 cm³/mol. The molecule has 5 N–H and O–H groups in total. The predicted octanol–water partition coefficient (Wildman–Crippen LogP) is 0.888. The summed E-state index contributed by atoms with van der Waals surface area (Å²) in [7, 11) is 0. The molecule has 4 rings (SSSR count). The number of dihydropyridines is 1. The van der Waals surface area contributed by atoms with Gasteiger partial charge in [0.15, 0.2) is 0 Å². The van der Waals surface area contributed by atoms with E-state index in [1.165, 1.54) is 6.21 Å². The molecule has 1 aromatic carbocycles. The van der Waals surface area contributed by atoms with Gasteiger partial charge >= 0.3 is 0 Å². The minimum atomic E-state index is -1.51. The van der Waals surface area contributed by atoms with Crippen molar-refractivity contribution in [1.82, 2.24) is 0 Å². The van der Waals surface area contributed by atoms with Crippen LogP contribution in [0.2, 0.25) is 5.02 Å². The Bertz CT molecular complexity index is 922. The highest BCUT2D eigenvalue weighted by atomic mass is 35.5. The second-order valence-corrected chi connectivity index (χ2v) is 7.89. The summed E-state index contributed by atoms with van der Waals surface area (Å²) in [4.78, 5) is 8.73. The summed E-state index contributed by atoms with van der Waals surface area (Å²) < 4.78 is 6.11. The zero-order valence-electron chi connectivity index (χ0n) is 15.3. The molecule has 1 unspecified atom stereocenters. The van der Waals surface area contributed by atoms with Gasteiger partial charge < -0.3 is 25.8 Å². The Morgan fingerprint density at radius 2 is 2.11 bits per heavy atom. The van der Waals surface area contributed by atoms with E-state index in [1.807, 2.05) is 0 Å². The lowest BCUT2D eigenvalue weighted by Gasteiger charge is -2.28. The fourth-order valence-electron chi connectivity index (χ4n) is 3.94. The van der Waals surface area contributed by atoms with Crippen LogP contribution in [-0.2, 0) is 17.8 Å². The Hall–Kier alpha value is -2.03. The van der Waals surface area contributed by atoms with E-state index in [4.69, 9.17) is 22.1 Å². The van der Waals surface area contributed by atoms with E-state index in [9.17, 15) is 15.3 Å². The normalized spacial score (nSPS) is 34.1. The summed E-state index contributed by atoms with van der Waals surface area (Å²) >= 11 is 6.00. The number of aliphatic hydroxyl groups excluding tert-OH is 2. The Balaban J connectivity index is 1.60. The van der Waals surface area contributed by atoms with Gasteiger partial charge in [0.05, 0.1) is 24.1 Å². The fourth-order valence-corrected chi connectivity index (χ4v) is 4.13. The highest BCUT2D eigenvalue weighted by Gasteiger charge is 2.55. The molecular weight excluding hydrogens is 382 g/mol. The van der Waals surface area contributed by atoms with E-state index in [2.05, 4.69) is 9.98 Å². The van der Waals surface area contributed by atoms with Crippen LogP contribution in [0.25, 0.3) is 0 Å². The molecule has 3 heterocycles. The van der Waals surface area contributed by atoms with E-state index in [0.29, 0.717) is 28.4 Å². The number of nitrogens with two attached hydrogens (primary N) is 1. The molecule has 5 atom stereocenters. The third-order valence-corrected chi connectivity index (χ3v) is 5.87. The first-order chi connectivity index (χ1) is 13.3. The van der Waals surface area contributed by atoms with Crippen LogP contribution in [0.5, 0.6) is 0 Å². The van der Waals surface area contributed by atoms with Crippen molar-refractivity contribution in [3.63, 3.8) is 0 Å². The van der Waals surface area contributed by atoms with Crippen molar-refractivity contribution in [2.75, 3.05) is 0 Å². The third kappa shape index (κ3) is 3.09. The van der Waals surface area contributed by atoms with Gasteiger partial charge in [0, 0.05) is 29.4 Å². The minimum Gasteiger partial charge on any atom is -0.397 e. The van der Waals surface area contributed by atoms with Crippen molar-refractivity contribution < 1.29 is 20.1 Å². The van der Waals surface area contributed by atoms with Gasteiger partial charge in [-0.2, -0.15) is 0 Å². The molecule has 0 aromatic heterocycles. The van der Waals surface area contributed by atoms with Crippen molar-refractivity contribution in [2.24, 2.45) is 15.7 Å². The lowest BCUT2D eigenvalue weighted by atomic mass is 9.85. The summed E-state index contributed by atoms with van der Waals surface area (Å²) in [5.41, 5.74) is 7.79. The summed E-state index contributed by atoms with van der Waals surface area (Å²) in [6.07, 6.45) is 2.63. The Morgan fingerprint density at radius 1 is 1.32 bits per heavy atom. The second-order valence-electron chi connectivity index (χ2n) is 7.46. The Labute approximate surface area is 167 Å². The molecule has 0 aliphatic carbocycles. The molecular formula is C20H22ClN3O4. The van der Waals surface area contributed by atoms with Gasteiger partial charge in [-0.15, -0.1) is 0 Å². The van der Waals surface area contributed by atoms with Crippen molar-refractivity contribution >= 4 is 23.5 Å². The number of hydrogen-bond acceptors (Lipinski definition) is 7. The fraction of sp³-hybridized carbons (Fsp3) is 0.400. The SMILES string of the molecule is C[C@]1(O)[C@H](O)[C@@H](C2N=CC(N)=C3C=CN=C32)O[C@@H]1Cc1ccc(Cl)cc1CO. The van der Waals surface area contributed by atoms with Crippen molar-refractivity contribution in [3.05, 3.63) is 57.9 Å². The van der Waals surface area contributed by atoms with Crippen LogP contribution in [0.1, 0.15) is 18.1 Å². The molecule has 0 amide bonds. The van der Waals surface area contributed by atoms with E-state index in [-0.39, 0.29) is 6.61 Å². The van der Waals surface area contributed by atoms with Crippen LogP contribution < -0.4 is 5.73 Å². The van der Waals surface area contributed by atoms with Crippen LogP contribution in [0.4, 0.5) is 0 Å². The number of benzene rings is 1. The van der Waals surface area contributed by atoms with Crippen LogP contribution >= 0.6 is 11.6 Å². The first-order valence-electron chi connectivity index (χ1n) is 9.04. The van der Waals surface area contributed by atoms with Gasteiger partial charge in [-0.25, -0.2) is 0 Å². The van der Waals surface area contributed by atoms with Crippen molar-refractivity contribution in [2.45, 2.75) is 49.9 Å². The minimum absolute atomic E-state index is 0.181. The van der Waals surface area contributed by atoms with Crippen molar-refractivity contribution in [3.8, 4) is 0 Å². The van der Waals surface area contributed by atoms with E-state index in [1.54, 1.807) is 37.4 Å². The first-order valence-corrected chi connectivity index (χ1v) is 9.42. The number of ether oxygens (including phenoxy) is 1. The first kappa shape index (κ1) is 19.3. The molecule has 3 aliphatic heterocycles. The summed E-state index contributed by atoms with van der Waals surface area (Å²) in [6.45, 7) is 1.36. The zero-order valence-corrected chi connectivity index (χ0v) is 16.0. The van der Waals surface area contributed by atoms with Crippen molar-refractivity contribution in [1.29, 1.82) is 0 Å². The highest BCUT2D eigenvalue weighted by Crippen LogP contribution is 2.38. The topological polar surface area (TPSA) is 121 Å². The molecule has 1 saturated heterocycles. The van der Waals surface area contributed by atoms with Crippen LogP contribution in [0, 0.1) is 0 Å². The molecule has 8 heteroatoms. The summed E-state index contributed by atoms with van der Waals surface area (Å²) in [6, 6.07) is 4.63. The molecule has 0 bridgehead atoms. The smallest absolute Gasteiger partial charge is 0.121 e. The van der Waals surface area contributed by atoms with E-state index >= 15 is 0 Å². The maximum Gasteiger partial charge on any atom is 0.121 e. The average Bonchev–Trinajstić information content (AvgIpc) is 3.24. The monoisotopic (exact) mass is 403 g/mol. The van der Waals surface area contributed by atoms with Crippen LogP contribution in [0.3, 0.4) is 0 Å². The van der Waals surface area contributed by atoms with Gasteiger partial charge in [-0.1, -0.05) is 17.7 Å². The summed E-state index contributed by atoms with van der Waals surface area (Å²) in [5.74, 6) is 0. The molecule has 1 aromatic rings. The lowest BCUT2D eigenvalue weighted by Crippen LogP contribution is -2.49. The van der Waals surface area contributed by atoms with E-state index in [0.717, 1.165) is 11.1 Å². The number of rotatable bonds is 4. The molecule has 7 nitrogen and oxygen atoms in total. The zero-order chi connectivity index (χ0) is 20.1. The Kier molecular flexibility index (Phi) is 4.89. The molecule has 0 radical (unpaired) electrons.